The van der Waals surface area contributed by atoms with Gasteiger partial charge in [-0.2, -0.15) is 0 Å². The van der Waals surface area contributed by atoms with Gasteiger partial charge in [-0.25, -0.2) is 0 Å². The molecule has 0 aromatic rings. The van der Waals surface area contributed by atoms with E-state index in [2.05, 4.69) is 34.6 Å². The van der Waals surface area contributed by atoms with Gasteiger partial charge in [0.15, 0.2) is 0 Å². The van der Waals surface area contributed by atoms with Crippen LogP contribution in [0.5, 0.6) is 0 Å². The van der Waals surface area contributed by atoms with Gasteiger partial charge in [0.1, 0.15) is 6.10 Å². The van der Waals surface area contributed by atoms with Crippen molar-refractivity contribution in [2.45, 2.75) is 118 Å². The van der Waals surface area contributed by atoms with E-state index < -0.39 is 5.97 Å². The van der Waals surface area contributed by atoms with Crippen LogP contribution in [0.3, 0.4) is 0 Å². The SMILES string of the molecule is CC(=O)O[C@H]1CC[C@]23C[C@]24CC[C@]2(C)[C@@H]([C@H](C)CCC(=O)O)CC[C@@]2(C)C4CCC3C1(C)C. The van der Waals surface area contributed by atoms with Crippen LogP contribution in [-0.4, -0.2) is 23.1 Å². The molecule has 9 atom stereocenters. The Balaban J connectivity index is 1.41. The van der Waals surface area contributed by atoms with Crippen LogP contribution in [0.1, 0.15) is 112 Å². The van der Waals surface area contributed by atoms with Crippen LogP contribution in [0, 0.1) is 50.7 Å². The van der Waals surface area contributed by atoms with Gasteiger partial charge < -0.3 is 9.84 Å². The number of ether oxygens (including phenoxy) is 1. The Bertz CT molecular complexity index is 849. The second-order valence-electron chi connectivity index (χ2n) is 14.0. The molecule has 5 rings (SSSR count). The number of aliphatic carboxylic acids is 1. The summed E-state index contributed by atoms with van der Waals surface area (Å²) in [6.07, 6.45) is 12.7. The summed E-state index contributed by atoms with van der Waals surface area (Å²) in [5.41, 5.74) is 1.74. The second-order valence-corrected chi connectivity index (χ2v) is 14.0. The maximum Gasteiger partial charge on any atom is 0.303 e. The first-order valence-corrected chi connectivity index (χ1v) is 13.7. The number of hydrogen-bond donors (Lipinski definition) is 1. The van der Waals surface area contributed by atoms with E-state index in [9.17, 15) is 14.7 Å². The molecule has 0 aromatic heterocycles. The van der Waals surface area contributed by atoms with Gasteiger partial charge in [0.2, 0.25) is 0 Å². The smallest absolute Gasteiger partial charge is 0.303 e. The first-order chi connectivity index (χ1) is 15.3. The summed E-state index contributed by atoms with van der Waals surface area (Å²) in [6, 6.07) is 0. The lowest BCUT2D eigenvalue weighted by Crippen LogP contribution is -2.58. The Kier molecular flexibility index (Phi) is 5.19. The van der Waals surface area contributed by atoms with E-state index in [4.69, 9.17) is 4.74 Å². The number of esters is 1. The minimum Gasteiger partial charge on any atom is -0.481 e. The van der Waals surface area contributed by atoms with Crippen LogP contribution in [0.15, 0.2) is 0 Å². The molecule has 5 aliphatic rings. The Morgan fingerprint density at radius 2 is 1.58 bits per heavy atom. The van der Waals surface area contributed by atoms with E-state index in [1.165, 1.54) is 51.4 Å². The lowest BCUT2D eigenvalue weighted by molar-refractivity contribution is -0.181. The molecule has 4 nitrogen and oxygen atoms in total. The highest BCUT2D eigenvalue weighted by Crippen LogP contribution is 2.89. The average molecular weight is 459 g/mol. The molecular weight excluding hydrogens is 412 g/mol. The largest absolute Gasteiger partial charge is 0.481 e. The molecule has 0 amide bonds. The number of carboxylic acids is 1. The van der Waals surface area contributed by atoms with Gasteiger partial charge in [0, 0.05) is 18.8 Å². The van der Waals surface area contributed by atoms with Crippen molar-refractivity contribution in [3.05, 3.63) is 0 Å². The number of rotatable bonds is 5. The molecule has 0 radical (unpaired) electrons. The van der Waals surface area contributed by atoms with Crippen molar-refractivity contribution in [1.82, 2.24) is 0 Å². The number of carboxylic acid groups (broad SMARTS) is 1. The number of fused-ring (bicyclic) bond motifs is 2. The van der Waals surface area contributed by atoms with Crippen LogP contribution in [0.2, 0.25) is 0 Å². The maximum absolute atomic E-state index is 11.8. The highest BCUT2D eigenvalue weighted by atomic mass is 16.5. The Morgan fingerprint density at radius 3 is 2.24 bits per heavy atom. The van der Waals surface area contributed by atoms with Crippen molar-refractivity contribution < 1.29 is 19.4 Å². The summed E-state index contributed by atoms with van der Waals surface area (Å²) in [5.74, 6) is 1.84. The molecule has 5 fully saturated rings. The quantitative estimate of drug-likeness (QED) is 0.457. The van der Waals surface area contributed by atoms with E-state index in [0.717, 1.165) is 18.8 Å². The zero-order valence-electron chi connectivity index (χ0n) is 21.8. The highest BCUT2D eigenvalue weighted by molar-refractivity contribution is 5.66. The molecule has 1 N–H and O–H groups in total. The van der Waals surface area contributed by atoms with Crippen molar-refractivity contribution in [3.8, 4) is 0 Å². The van der Waals surface area contributed by atoms with Crippen LogP contribution in [0.25, 0.3) is 0 Å². The molecular formula is C29H46O4. The number of carbonyl (C=O) groups excluding carboxylic acids is 1. The molecule has 4 heteroatoms. The normalized spacial score (nSPS) is 50.2. The van der Waals surface area contributed by atoms with E-state index in [1.807, 2.05) is 0 Å². The third-order valence-electron chi connectivity index (χ3n) is 12.9. The summed E-state index contributed by atoms with van der Waals surface area (Å²) in [5, 5.41) is 9.24. The van der Waals surface area contributed by atoms with E-state index in [1.54, 1.807) is 6.92 Å². The molecule has 5 saturated carbocycles. The van der Waals surface area contributed by atoms with Crippen molar-refractivity contribution in [2.24, 2.45) is 50.7 Å². The highest BCUT2D eigenvalue weighted by Gasteiger charge is 2.82. The molecule has 2 unspecified atom stereocenters. The fourth-order valence-corrected chi connectivity index (χ4v) is 11.3. The predicted octanol–water partition coefficient (Wildman–Crippen LogP) is 6.86. The Labute approximate surface area is 200 Å². The predicted molar refractivity (Wildman–Crippen MR) is 128 cm³/mol. The minimum atomic E-state index is -0.652. The monoisotopic (exact) mass is 458 g/mol. The molecule has 33 heavy (non-hydrogen) atoms. The van der Waals surface area contributed by atoms with Crippen LogP contribution < -0.4 is 0 Å². The lowest BCUT2D eigenvalue weighted by atomic mass is 9.41. The Morgan fingerprint density at radius 1 is 0.909 bits per heavy atom. The summed E-state index contributed by atoms with van der Waals surface area (Å²) in [6.45, 7) is 13.9. The molecule has 5 aliphatic carbocycles. The maximum atomic E-state index is 11.8. The van der Waals surface area contributed by atoms with Crippen molar-refractivity contribution in [3.63, 3.8) is 0 Å². The van der Waals surface area contributed by atoms with Gasteiger partial charge in [0.05, 0.1) is 0 Å². The number of hydrogen-bond acceptors (Lipinski definition) is 3. The van der Waals surface area contributed by atoms with Gasteiger partial charge in [-0.15, -0.1) is 0 Å². The van der Waals surface area contributed by atoms with E-state index >= 15 is 0 Å². The fourth-order valence-electron chi connectivity index (χ4n) is 11.3. The lowest BCUT2D eigenvalue weighted by Gasteiger charge is -2.63. The summed E-state index contributed by atoms with van der Waals surface area (Å²) >= 11 is 0. The van der Waals surface area contributed by atoms with E-state index in [0.29, 0.717) is 45.8 Å². The molecule has 186 valence electrons. The zero-order chi connectivity index (χ0) is 24.0. The van der Waals surface area contributed by atoms with Gasteiger partial charge in [-0.3, -0.25) is 9.59 Å². The Hall–Kier alpha value is -1.06. The second kappa shape index (κ2) is 7.23. The molecule has 0 bridgehead atoms. The number of carbonyl (C=O) groups is 2. The summed E-state index contributed by atoms with van der Waals surface area (Å²) in [7, 11) is 0. The van der Waals surface area contributed by atoms with Gasteiger partial charge in [-0.05, 0) is 110 Å². The van der Waals surface area contributed by atoms with Crippen molar-refractivity contribution >= 4 is 11.9 Å². The van der Waals surface area contributed by atoms with Crippen molar-refractivity contribution in [2.75, 3.05) is 0 Å². The first kappa shape index (κ1) is 23.7. The average Bonchev–Trinajstić information content (AvgIpc) is 3.31. The summed E-state index contributed by atoms with van der Waals surface area (Å²) < 4.78 is 5.86. The third-order valence-corrected chi connectivity index (χ3v) is 12.9. The first-order valence-electron chi connectivity index (χ1n) is 13.7. The van der Waals surface area contributed by atoms with Crippen LogP contribution in [0.4, 0.5) is 0 Å². The van der Waals surface area contributed by atoms with E-state index in [-0.39, 0.29) is 17.5 Å². The third kappa shape index (κ3) is 2.94. The molecule has 0 heterocycles. The van der Waals surface area contributed by atoms with Crippen LogP contribution >= 0.6 is 0 Å². The standard InChI is InChI=1S/C29H46O4/c1-18(7-10-24(31)32)20-11-13-27(6)22-9-8-21-25(3,4)23(33-19(2)30)12-14-28(21)17-29(22,28)16-15-26(20,27)5/h18,20-23H,7-17H2,1-6H3,(H,31,32)/t18-,20-,21?,22?,23+,26-,27+,28-,29+/m1/s1. The molecule has 0 aliphatic heterocycles. The summed E-state index contributed by atoms with van der Waals surface area (Å²) in [4.78, 5) is 23.0. The molecule has 2 spiro atoms. The van der Waals surface area contributed by atoms with Crippen LogP contribution in [-0.2, 0) is 14.3 Å². The minimum absolute atomic E-state index is 0.0591. The fraction of sp³-hybridized carbons (Fsp3) is 0.931. The topological polar surface area (TPSA) is 63.6 Å². The van der Waals surface area contributed by atoms with Gasteiger partial charge in [-0.1, -0.05) is 34.6 Å². The zero-order valence-corrected chi connectivity index (χ0v) is 21.8. The molecule has 0 saturated heterocycles. The van der Waals surface area contributed by atoms with Crippen molar-refractivity contribution in [1.29, 1.82) is 0 Å². The molecule has 0 aromatic carbocycles. The van der Waals surface area contributed by atoms with Gasteiger partial charge >= 0.3 is 11.9 Å². The van der Waals surface area contributed by atoms with Gasteiger partial charge in [0.25, 0.3) is 0 Å².